The first-order chi connectivity index (χ1) is 10.1. The summed E-state index contributed by atoms with van der Waals surface area (Å²) in [5, 5.41) is 13.6. The fourth-order valence-electron chi connectivity index (χ4n) is 2.76. The van der Waals surface area contributed by atoms with Crippen LogP contribution in [-0.4, -0.2) is 30.8 Å². The van der Waals surface area contributed by atoms with Gasteiger partial charge in [-0.1, -0.05) is 31.5 Å². The van der Waals surface area contributed by atoms with Gasteiger partial charge in [-0.25, -0.2) is 0 Å². The quantitative estimate of drug-likeness (QED) is 0.772. The highest BCUT2D eigenvalue weighted by atomic mass is 35.5. The van der Waals surface area contributed by atoms with Crippen molar-refractivity contribution in [2.75, 3.05) is 24.6 Å². The molecule has 2 N–H and O–H groups in total. The van der Waals surface area contributed by atoms with Crippen LogP contribution >= 0.6 is 11.6 Å². The van der Waals surface area contributed by atoms with Crippen molar-refractivity contribution in [3.8, 4) is 0 Å². The molecule has 1 fully saturated rings. The number of hydrogen-bond acceptors (Lipinski definition) is 3. The molecule has 3 nitrogen and oxygen atoms in total. The summed E-state index contributed by atoms with van der Waals surface area (Å²) in [6.45, 7) is 7.14. The number of nitrogens with zero attached hydrogens (tertiary/aromatic N) is 1. The number of aliphatic hydroxyl groups excluding tert-OH is 1. The minimum Gasteiger partial charge on any atom is -0.395 e. The molecule has 0 amide bonds. The van der Waals surface area contributed by atoms with E-state index in [1.165, 1.54) is 30.5 Å². The molecule has 0 radical (unpaired) electrons. The summed E-state index contributed by atoms with van der Waals surface area (Å²) in [5.41, 5.74) is 2.44. The van der Waals surface area contributed by atoms with Gasteiger partial charge < -0.3 is 15.3 Å². The van der Waals surface area contributed by atoms with Crippen LogP contribution < -0.4 is 10.2 Å². The molecule has 0 aromatic heterocycles. The van der Waals surface area contributed by atoms with Gasteiger partial charge in [0.05, 0.1) is 6.61 Å². The van der Waals surface area contributed by atoms with E-state index in [0.29, 0.717) is 18.5 Å². The number of aliphatic hydroxyl groups is 1. The standard InChI is InChI=1S/C17H27ClN2O/c1-13(2)11-19-12-14-6-7-15(18)10-17(14)20(8-9-21)16-4-3-5-16/h6-7,10,13,16,19,21H,3-5,8-9,11-12H2,1-2H3. The number of hydrogen-bond donors (Lipinski definition) is 2. The molecule has 0 spiro atoms. The molecule has 1 saturated carbocycles. The fourth-order valence-corrected chi connectivity index (χ4v) is 2.92. The predicted molar refractivity (Wildman–Crippen MR) is 90.1 cm³/mol. The molecule has 1 aromatic rings. The van der Waals surface area contributed by atoms with Gasteiger partial charge in [0, 0.05) is 29.8 Å². The van der Waals surface area contributed by atoms with E-state index in [0.717, 1.165) is 18.1 Å². The van der Waals surface area contributed by atoms with E-state index in [-0.39, 0.29) is 6.61 Å². The fraction of sp³-hybridized carbons (Fsp3) is 0.647. The predicted octanol–water partition coefficient (Wildman–Crippen LogP) is 3.44. The number of anilines is 1. The molecular formula is C17H27ClN2O. The van der Waals surface area contributed by atoms with Crippen LogP contribution in [0.25, 0.3) is 0 Å². The Morgan fingerprint density at radius 1 is 1.38 bits per heavy atom. The van der Waals surface area contributed by atoms with Crippen molar-refractivity contribution in [1.82, 2.24) is 5.32 Å². The summed E-state index contributed by atoms with van der Waals surface area (Å²) in [6, 6.07) is 6.66. The Morgan fingerprint density at radius 3 is 2.71 bits per heavy atom. The van der Waals surface area contributed by atoms with Crippen LogP contribution in [0.1, 0.15) is 38.7 Å². The van der Waals surface area contributed by atoms with Crippen molar-refractivity contribution < 1.29 is 5.11 Å². The molecule has 1 aliphatic rings. The second kappa shape index (κ2) is 8.02. The summed E-state index contributed by atoms with van der Waals surface area (Å²) < 4.78 is 0. The topological polar surface area (TPSA) is 35.5 Å². The van der Waals surface area contributed by atoms with E-state index in [9.17, 15) is 5.11 Å². The van der Waals surface area contributed by atoms with Crippen molar-refractivity contribution in [3.05, 3.63) is 28.8 Å². The molecule has 118 valence electrons. The Morgan fingerprint density at radius 2 is 2.14 bits per heavy atom. The summed E-state index contributed by atoms with van der Waals surface area (Å²) in [7, 11) is 0. The van der Waals surface area contributed by atoms with Crippen molar-refractivity contribution in [3.63, 3.8) is 0 Å². The van der Waals surface area contributed by atoms with E-state index in [4.69, 9.17) is 11.6 Å². The first-order valence-electron chi connectivity index (χ1n) is 7.98. The molecule has 0 bridgehead atoms. The van der Waals surface area contributed by atoms with Crippen LogP contribution in [0, 0.1) is 5.92 Å². The Labute approximate surface area is 133 Å². The number of nitrogens with one attached hydrogen (secondary N) is 1. The zero-order valence-electron chi connectivity index (χ0n) is 13.1. The van der Waals surface area contributed by atoms with Gasteiger partial charge in [-0.2, -0.15) is 0 Å². The van der Waals surface area contributed by atoms with Crippen LogP contribution in [0.15, 0.2) is 18.2 Å². The van der Waals surface area contributed by atoms with Gasteiger partial charge >= 0.3 is 0 Å². The highest BCUT2D eigenvalue weighted by Crippen LogP contribution is 2.33. The zero-order valence-corrected chi connectivity index (χ0v) is 13.9. The van der Waals surface area contributed by atoms with Gasteiger partial charge in [0.2, 0.25) is 0 Å². The Balaban J connectivity index is 2.15. The second-order valence-electron chi connectivity index (χ2n) is 6.30. The third kappa shape index (κ3) is 4.60. The Kier molecular flexibility index (Phi) is 6.34. The van der Waals surface area contributed by atoms with E-state index in [2.05, 4.69) is 30.1 Å². The van der Waals surface area contributed by atoms with Crippen LogP contribution in [0.5, 0.6) is 0 Å². The average molecular weight is 311 g/mol. The second-order valence-corrected chi connectivity index (χ2v) is 6.74. The number of halogens is 1. The van der Waals surface area contributed by atoms with Gasteiger partial charge in [-0.15, -0.1) is 0 Å². The molecule has 0 saturated heterocycles. The first-order valence-corrected chi connectivity index (χ1v) is 8.36. The summed E-state index contributed by atoms with van der Waals surface area (Å²) in [4.78, 5) is 2.34. The number of rotatable bonds is 8. The Hall–Kier alpha value is -0.770. The van der Waals surface area contributed by atoms with Crippen molar-refractivity contribution in [1.29, 1.82) is 0 Å². The lowest BCUT2D eigenvalue weighted by Crippen LogP contribution is -2.42. The highest BCUT2D eigenvalue weighted by molar-refractivity contribution is 6.30. The molecular weight excluding hydrogens is 284 g/mol. The number of benzene rings is 1. The third-order valence-electron chi connectivity index (χ3n) is 4.08. The molecule has 21 heavy (non-hydrogen) atoms. The normalized spacial score (nSPS) is 15.3. The smallest absolute Gasteiger partial charge is 0.0606 e. The van der Waals surface area contributed by atoms with E-state index in [1.807, 2.05) is 12.1 Å². The summed E-state index contributed by atoms with van der Waals surface area (Å²) in [6.07, 6.45) is 3.71. The van der Waals surface area contributed by atoms with E-state index >= 15 is 0 Å². The van der Waals surface area contributed by atoms with Crippen molar-refractivity contribution in [2.45, 2.75) is 45.7 Å². The maximum Gasteiger partial charge on any atom is 0.0606 e. The lowest BCUT2D eigenvalue weighted by atomic mass is 9.90. The molecule has 1 aromatic carbocycles. The van der Waals surface area contributed by atoms with Gasteiger partial charge in [-0.05, 0) is 49.4 Å². The monoisotopic (exact) mass is 310 g/mol. The molecule has 4 heteroatoms. The van der Waals surface area contributed by atoms with Gasteiger partial charge in [-0.3, -0.25) is 0 Å². The van der Waals surface area contributed by atoms with E-state index in [1.54, 1.807) is 0 Å². The Bertz CT molecular complexity index is 446. The largest absolute Gasteiger partial charge is 0.395 e. The SMILES string of the molecule is CC(C)CNCc1ccc(Cl)cc1N(CCO)C1CCC1. The van der Waals surface area contributed by atoms with Gasteiger partial charge in [0.15, 0.2) is 0 Å². The average Bonchev–Trinajstić information content (AvgIpc) is 2.37. The minimum absolute atomic E-state index is 0.182. The van der Waals surface area contributed by atoms with E-state index < -0.39 is 0 Å². The minimum atomic E-state index is 0.182. The van der Waals surface area contributed by atoms with Crippen LogP contribution in [-0.2, 0) is 6.54 Å². The summed E-state index contributed by atoms with van der Waals surface area (Å²) in [5.74, 6) is 0.640. The highest BCUT2D eigenvalue weighted by Gasteiger charge is 2.26. The molecule has 0 heterocycles. The zero-order chi connectivity index (χ0) is 15.2. The molecule has 2 rings (SSSR count). The maximum absolute atomic E-state index is 9.39. The first kappa shape index (κ1) is 16.6. The van der Waals surface area contributed by atoms with Crippen molar-refractivity contribution >= 4 is 17.3 Å². The van der Waals surface area contributed by atoms with Gasteiger partial charge in [0.25, 0.3) is 0 Å². The van der Waals surface area contributed by atoms with Gasteiger partial charge in [0.1, 0.15) is 0 Å². The lowest BCUT2D eigenvalue weighted by Gasteiger charge is -2.40. The lowest BCUT2D eigenvalue weighted by molar-refractivity contribution is 0.283. The maximum atomic E-state index is 9.39. The van der Waals surface area contributed by atoms with Crippen LogP contribution in [0.2, 0.25) is 5.02 Å². The molecule has 1 aliphatic carbocycles. The molecule has 0 unspecified atom stereocenters. The van der Waals surface area contributed by atoms with Crippen LogP contribution in [0.3, 0.4) is 0 Å². The van der Waals surface area contributed by atoms with Crippen LogP contribution in [0.4, 0.5) is 5.69 Å². The molecule has 0 atom stereocenters. The van der Waals surface area contributed by atoms with Crippen molar-refractivity contribution in [2.24, 2.45) is 5.92 Å². The summed E-state index contributed by atoms with van der Waals surface area (Å²) >= 11 is 6.20. The third-order valence-corrected chi connectivity index (χ3v) is 4.32. The molecule has 0 aliphatic heterocycles.